The molecule has 0 fully saturated rings. The summed E-state index contributed by atoms with van der Waals surface area (Å²) < 4.78 is 5.34. The van der Waals surface area contributed by atoms with Gasteiger partial charge < -0.3 is 4.74 Å². The molecule has 1 unspecified atom stereocenters. The fraction of sp³-hybridized carbons (Fsp3) is 0.706. The Morgan fingerprint density at radius 2 is 2.00 bits per heavy atom. The summed E-state index contributed by atoms with van der Waals surface area (Å²) in [5.74, 6) is 4.04. The van der Waals surface area contributed by atoms with Crippen LogP contribution in [0.15, 0.2) is 11.8 Å². The lowest BCUT2D eigenvalue weighted by atomic mass is 10.1. The second-order valence-corrected chi connectivity index (χ2v) is 5.45. The Morgan fingerprint density at radius 3 is 2.63 bits per heavy atom. The van der Waals surface area contributed by atoms with Gasteiger partial charge in [-0.25, -0.2) is 0 Å². The van der Waals surface area contributed by atoms with Gasteiger partial charge in [0.05, 0.1) is 0 Å². The van der Waals surface area contributed by atoms with Gasteiger partial charge in [-0.3, -0.25) is 4.79 Å². The molecule has 0 N–H and O–H groups in total. The molecule has 106 valence electrons. The van der Waals surface area contributed by atoms with E-state index in [1.165, 1.54) is 19.3 Å². The van der Waals surface area contributed by atoms with Crippen molar-refractivity contribution in [2.45, 2.75) is 71.1 Å². The van der Waals surface area contributed by atoms with Gasteiger partial charge in [-0.1, -0.05) is 32.6 Å². The SMILES string of the molecule is C#CCCCCCCCCC(=O)OC1=CC(C)CC1. The third kappa shape index (κ3) is 7.72. The molecule has 1 aliphatic rings. The molecule has 1 atom stereocenters. The van der Waals surface area contributed by atoms with Crippen molar-refractivity contribution in [3.8, 4) is 12.3 Å². The van der Waals surface area contributed by atoms with Crippen LogP contribution in [0.2, 0.25) is 0 Å². The van der Waals surface area contributed by atoms with Gasteiger partial charge >= 0.3 is 5.97 Å². The first-order valence-corrected chi connectivity index (χ1v) is 7.57. The average Bonchev–Trinajstić information content (AvgIpc) is 2.78. The van der Waals surface area contributed by atoms with Crippen LogP contribution in [-0.2, 0) is 9.53 Å². The Hall–Kier alpha value is -1.23. The van der Waals surface area contributed by atoms with E-state index >= 15 is 0 Å². The average molecular weight is 262 g/mol. The summed E-state index contributed by atoms with van der Waals surface area (Å²) in [6.45, 7) is 2.15. The number of rotatable bonds is 9. The Balaban J connectivity index is 1.93. The Labute approximate surface area is 117 Å². The number of hydrogen-bond acceptors (Lipinski definition) is 2. The van der Waals surface area contributed by atoms with Gasteiger partial charge in [-0.2, -0.15) is 0 Å². The number of carbonyl (C=O) groups excluding carboxylic acids is 1. The fourth-order valence-corrected chi connectivity index (χ4v) is 2.34. The molecule has 1 aliphatic carbocycles. The van der Waals surface area contributed by atoms with Crippen molar-refractivity contribution in [3.63, 3.8) is 0 Å². The molecule has 0 spiro atoms. The zero-order chi connectivity index (χ0) is 13.9. The molecule has 2 heteroatoms. The van der Waals surface area contributed by atoms with Crippen molar-refractivity contribution in [2.24, 2.45) is 5.92 Å². The van der Waals surface area contributed by atoms with Crippen LogP contribution < -0.4 is 0 Å². The van der Waals surface area contributed by atoms with Crippen LogP contribution in [0.5, 0.6) is 0 Å². The van der Waals surface area contributed by atoms with Gasteiger partial charge in [0, 0.05) is 19.3 Å². The topological polar surface area (TPSA) is 26.3 Å². The highest BCUT2D eigenvalue weighted by molar-refractivity contribution is 5.70. The number of terminal acetylenes is 1. The van der Waals surface area contributed by atoms with Crippen LogP contribution in [0.3, 0.4) is 0 Å². The molecule has 0 bridgehead atoms. The number of hydrogen-bond donors (Lipinski definition) is 0. The van der Waals surface area contributed by atoms with Crippen LogP contribution in [0, 0.1) is 18.3 Å². The number of carbonyl (C=O) groups is 1. The van der Waals surface area contributed by atoms with E-state index in [1.807, 2.05) is 0 Å². The lowest BCUT2D eigenvalue weighted by Gasteiger charge is -2.04. The van der Waals surface area contributed by atoms with E-state index in [9.17, 15) is 4.79 Å². The molecule has 0 radical (unpaired) electrons. The van der Waals surface area contributed by atoms with E-state index in [0.717, 1.165) is 44.3 Å². The van der Waals surface area contributed by atoms with Crippen molar-refractivity contribution in [1.29, 1.82) is 0 Å². The summed E-state index contributed by atoms with van der Waals surface area (Å²) >= 11 is 0. The van der Waals surface area contributed by atoms with Gasteiger partial charge in [-0.15, -0.1) is 12.3 Å². The minimum atomic E-state index is -0.0623. The third-order valence-corrected chi connectivity index (χ3v) is 3.51. The maximum Gasteiger partial charge on any atom is 0.310 e. The normalized spacial score (nSPS) is 17.9. The van der Waals surface area contributed by atoms with E-state index in [-0.39, 0.29) is 5.97 Å². The summed E-state index contributed by atoms with van der Waals surface area (Å²) in [7, 11) is 0. The highest BCUT2D eigenvalue weighted by Crippen LogP contribution is 2.24. The summed E-state index contributed by atoms with van der Waals surface area (Å²) in [6, 6.07) is 0. The predicted molar refractivity (Wildman–Crippen MR) is 78.3 cm³/mol. The Bertz CT molecular complexity index is 336. The molecular weight excluding hydrogens is 236 g/mol. The second-order valence-electron chi connectivity index (χ2n) is 5.45. The Kier molecular flexibility index (Phi) is 8.05. The monoisotopic (exact) mass is 262 g/mol. The molecule has 0 aromatic carbocycles. The molecular formula is C17H26O2. The lowest BCUT2D eigenvalue weighted by Crippen LogP contribution is -2.03. The van der Waals surface area contributed by atoms with Crippen molar-refractivity contribution < 1.29 is 9.53 Å². The van der Waals surface area contributed by atoms with Gasteiger partial charge in [-0.05, 0) is 31.3 Å². The quantitative estimate of drug-likeness (QED) is 0.345. The highest BCUT2D eigenvalue weighted by atomic mass is 16.5. The van der Waals surface area contributed by atoms with Crippen molar-refractivity contribution in [2.75, 3.05) is 0 Å². The molecule has 1 rings (SSSR count). The summed E-state index contributed by atoms with van der Waals surface area (Å²) in [5, 5.41) is 0. The standard InChI is InChI=1S/C17H26O2/c1-3-4-5-6-7-8-9-10-11-17(18)19-16-13-12-15(2)14-16/h1,14-15H,4-13H2,2H3. The van der Waals surface area contributed by atoms with E-state index < -0.39 is 0 Å². The number of ether oxygens (including phenoxy) is 1. The van der Waals surface area contributed by atoms with E-state index in [0.29, 0.717) is 12.3 Å². The van der Waals surface area contributed by atoms with E-state index in [1.54, 1.807) is 0 Å². The molecule has 0 aromatic heterocycles. The lowest BCUT2D eigenvalue weighted by molar-refractivity contribution is -0.139. The molecule has 19 heavy (non-hydrogen) atoms. The number of esters is 1. The van der Waals surface area contributed by atoms with Crippen molar-refractivity contribution in [3.05, 3.63) is 11.8 Å². The second kappa shape index (κ2) is 9.67. The number of allylic oxidation sites excluding steroid dienone is 2. The third-order valence-electron chi connectivity index (χ3n) is 3.51. The van der Waals surface area contributed by atoms with Crippen molar-refractivity contribution >= 4 is 5.97 Å². The van der Waals surface area contributed by atoms with Crippen LogP contribution in [-0.4, -0.2) is 5.97 Å². The molecule has 2 nitrogen and oxygen atoms in total. The summed E-state index contributed by atoms with van der Waals surface area (Å²) in [6.07, 6.45) is 17.5. The molecule has 0 heterocycles. The van der Waals surface area contributed by atoms with Crippen LogP contribution in [0.4, 0.5) is 0 Å². The molecule has 0 aliphatic heterocycles. The van der Waals surface area contributed by atoms with Gasteiger partial charge in [0.2, 0.25) is 0 Å². The minimum Gasteiger partial charge on any atom is -0.431 e. The first kappa shape index (κ1) is 15.8. The molecule has 0 amide bonds. The zero-order valence-electron chi connectivity index (χ0n) is 12.1. The van der Waals surface area contributed by atoms with Gasteiger partial charge in [0.25, 0.3) is 0 Å². The van der Waals surface area contributed by atoms with Gasteiger partial charge in [0.15, 0.2) is 0 Å². The smallest absolute Gasteiger partial charge is 0.310 e. The summed E-state index contributed by atoms with van der Waals surface area (Å²) in [5.41, 5.74) is 0. The Morgan fingerprint density at radius 1 is 1.32 bits per heavy atom. The van der Waals surface area contributed by atoms with E-state index in [2.05, 4.69) is 18.9 Å². The molecule has 0 saturated carbocycles. The maximum atomic E-state index is 11.6. The van der Waals surface area contributed by atoms with Crippen LogP contribution in [0.25, 0.3) is 0 Å². The largest absolute Gasteiger partial charge is 0.431 e. The van der Waals surface area contributed by atoms with Gasteiger partial charge in [0.1, 0.15) is 5.76 Å². The highest BCUT2D eigenvalue weighted by Gasteiger charge is 2.15. The van der Waals surface area contributed by atoms with Crippen LogP contribution in [0.1, 0.15) is 71.1 Å². The molecule has 0 saturated heterocycles. The predicted octanol–water partition coefficient (Wildman–Crippen LogP) is 4.60. The van der Waals surface area contributed by atoms with Crippen LogP contribution >= 0.6 is 0 Å². The van der Waals surface area contributed by atoms with Crippen molar-refractivity contribution in [1.82, 2.24) is 0 Å². The molecule has 0 aromatic rings. The maximum absolute atomic E-state index is 11.6. The summed E-state index contributed by atoms with van der Waals surface area (Å²) in [4.78, 5) is 11.6. The fourth-order valence-electron chi connectivity index (χ4n) is 2.34. The first-order chi connectivity index (χ1) is 9.22. The minimum absolute atomic E-state index is 0.0623. The zero-order valence-corrected chi connectivity index (χ0v) is 12.1. The number of unbranched alkanes of at least 4 members (excludes halogenated alkanes) is 6. The van der Waals surface area contributed by atoms with E-state index in [4.69, 9.17) is 11.2 Å². The first-order valence-electron chi connectivity index (χ1n) is 7.57.